The monoisotopic (exact) mass is 166 g/mol. The first-order valence-corrected chi connectivity index (χ1v) is 3.41. The van der Waals surface area contributed by atoms with Crippen LogP contribution in [0, 0.1) is 0 Å². The summed E-state index contributed by atoms with van der Waals surface area (Å²) in [5.41, 5.74) is 0. The van der Waals surface area contributed by atoms with Crippen LogP contribution in [0.1, 0.15) is 0 Å². The average molecular weight is 166 g/mol. The highest BCUT2D eigenvalue weighted by Gasteiger charge is 1.82. The molecule has 0 rings (SSSR count). The lowest BCUT2D eigenvalue weighted by Gasteiger charge is -1.98. The van der Waals surface area contributed by atoms with Crippen molar-refractivity contribution < 1.29 is 19.3 Å². The summed E-state index contributed by atoms with van der Waals surface area (Å²) in [6, 6.07) is 0. The molecule has 0 amide bonds. The van der Waals surface area contributed by atoms with Crippen molar-refractivity contribution in [2.24, 2.45) is 0 Å². The summed E-state index contributed by atoms with van der Waals surface area (Å²) in [5, 5.41) is 8.20. The fourth-order valence-corrected chi connectivity index (χ4v) is 0.309. The zero-order valence-electron chi connectivity index (χ0n) is 7.50. The zero-order chi connectivity index (χ0) is 8.95. The van der Waals surface area contributed by atoms with Crippen LogP contribution in [0.3, 0.4) is 0 Å². The van der Waals surface area contributed by atoms with Crippen molar-refractivity contribution >= 4 is 0 Å². The third-order valence-corrected chi connectivity index (χ3v) is 0.667. The second-order valence-corrected chi connectivity index (χ2v) is 1.74. The van der Waals surface area contributed by atoms with Gasteiger partial charge in [0.05, 0.1) is 26.4 Å². The van der Waals surface area contributed by atoms with Gasteiger partial charge < -0.3 is 19.3 Å². The van der Waals surface area contributed by atoms with Gasteiger partial charge in [0.25, 0.3) is 0 Å². The predicted molar refractivity (Wildman–Crippen MR) is 42.7 cm³/mol. The van der Waals surface area contributed by atoms with Crippen LogP contribution < -0.4 is 0 Å². The van der Waals surface area contributed by atoms with Crippen LogP contribution in [0.4, 0.5) is 0 Å². The molecule has 0 fully saturated rings. The van der Waals surface area contributed by atoms with Crippen LogP contribution in [0.2, 0.25) is 0 Å². The van der Waals surface area contributed by atoms with Gasteiger partial charge in [-0.2, -0.15) is 0 Å². The Morgan fingerprint density at radius 1 is 1.00 bits per heavy atom. The van der Waals surface area contributed by atoms with Crippen LogP contribution in [-0.4, -0.2) is 52.9 Å². The number of hydrogen-bond acceptors (Lipinski definition) is 4. The highest BCUT2D eigenvalue weighted by Crippen LogP contribution is 1.72. The van der Waals surface area contributed by atoms with E-state index in [1.165, 1.54) is 0 Å². The maximum absolute atomic E-state index is 8.20. The number of methoxy groups -OCH3 is 2. The number of rotatable bonds is 5. The molecule has 0 aromatic rings. The molecule has 0 heterocycles. The van der Waals surface area contributed by atoms with E-state index in [1.54, 1.807) is 21.3 Å². The first-order valence-electron chi connectivity index (χ1n) is 3.41. The minimum absolute atomic E-state index is 0.0870. The van der Waals surface area contributed by atoms with Crippen LogP contribution in [-0.2, 0) is 14.2 Å². The summed E-state index contributed by atoms with van der Waals surface area (Å²) in [5.74, 6) is 0. The number of aliphatic hydroxyl groups is 1. The van der Waals surface area contributed by atoms with E-state index >= 15 is 0 Å². The van der Waals surface area contributed by atoms with E-state index in [0.717, 1.165) is 0 Å². The van der Waals surface area contributed by atoms with Crippen molar-refractivity contribution in [3.8, 4) is 0 Å². The summed E-state index contributed by atoms with van der Waals surface area (Å²) in [4.78, 5) is 0. The summed E-state index contributed by atoms with van der Waals surface area (Å²) >= 11 is 0. The molecular weight excluding hydrogens is 148 g/mol. The van der Waals surface area contributed by atoms with Gasteiger partial charge in [0.15, 0.2) is 0 Å². The van der Waals surface area contributed by atoms with E-state index in [-0.39, 0.29) is 6.61 Å². The van der Waals surface area contributed by atoms with Gasteiger partial charge in [-0.3, -0.25) is 0 Å². The highest BCUT2D eigenvalue weighted by molar-refractivity contribution is 4.26. The quantitative estimate of drug-likeness (QED) is 0.580. The van der Waals surface area contributed by atoms with Crippen molar-refractivity contribution in [1.82, 2.24) is 0 Å². The SMILES string of the molecule is COC.COCCOCCO. The zero-order valence-corrected chi connectivity index (χ0v) is 7.50. The molecular formula is C7H18O4. The minimum atomic E-state index is 0.0870. The van der Waals surface area contributed by atoms with E-state index in [2.05, 4.69) is 9.47 Å². The lowest BCUT2D eigenvalue weighted by molar-refractivity contribution is 0.0500. The fraction of sp³-hybridized carbons (Fsp3) is 1.00. The molecule has 0 aliphatic heterocycles. The maximum Gasteiger partial charge on any atom is 0.0701 e. The Hall–Kier alpha value is -0.160. The van der Waals surface area contributed by atoms with Gasteiger partial charge in [0.1, 0.15) is 0 Å². The molecule has 0 radical (unpaired) electrons. The molecule has 0 spiro atoms. The second-order valence-electron chi connectivity index (χ2n) is 1.74. The third kappa shape index (κ3) is 25.8. The van der Waals surface area contributed by atoms with E-state index < -0.39 is 0 Å². The standard InChI is InChI=1S/C5H12O3.C2H6O/c1-7-4-5-8-3-2-6;1-3-2/h6H,2-5H2,1H3;1-2H3. The summed E-state index contributed by atoms with van der Waals surface area (Å²) in [6.45, 7) is 1.66. The van der Waals surface area contributed by atoms with Crippen molar-refractivity contribution in [2.45, 2.75) is 0 Å². The Kier molecular flexibility index (Phi) is 20.1. The lowest BCUT2D eigenvalue weighted by Crippen LogP contribution is -2.05. The summed E-state index contributed by atoms with van der Waals surface area (Å²) in [6.07, 6.45) is 0. The molecule has 0 bridgehead atoms. The second kappa shape index (κ2) is 16.4. The Morgan fingerprint density at radius 3 is 1.91 bits per heavy atom. The summed E-state index contributed by atoms with van der Waals surface area (Å²) in [7, 11) is 4.86. The molecule has 0 unspecified atom stereocenters. The van der Waals surface area contributed by atoms with E-state index in [9.17, 15) is 0 Å². The van der Waals surface area contributed by atoms with E-state index in [1.807, 2.05) is 0 Å². The molecule has 70 valence electrons. The molecule has 0 atom stereocenters. The van der Waals surface area contributed by atoms with Gasteiger partial charge in [-0.25, -0.2) is 0 Å². The Labute approximate surface area is 68.1 Å². The van der Waals surface area contributed by atoms with Gasteiger partial charge in [-0.05, 0) is 0 Å². The van der Waals surface area contributed by atoms with Gasteiger partial charge in [0.2, 0.25) is 0 Å². The predicted octanol–water partition coefficient (Wildman–Crippen LogP) is -0.0957. The molecule has 11 heavy (non-hydrogen) atoms. The molecule has 4 nitrogen and oxygen atoms in total. The Morgan fingerprint density at radius 2 is 1.55 bits per heavy atom. The molecule has 0 aliphatic rings. The molecule has 0 aliphatic carbocycles. The number of aliphatic hydroxyl groups excluding tert-OH is 1. The average Bonchev–Trinajstić information content (AvgIpc) is 2.00. The first kappa shape index (κ1) is 13.4. The molecule has 0 saturated heterocycles. The highest BCUT2D eigenvalue weighted by atomic mass is 16.5. The molecule has 0 aromatic heterocycles. The van der Waals surface area contributed by atoms with Crippen molar-refractivity contribution in [3.05, 3.63) is 0 Å². The maximum atomic E-state index is 8.20. The van der Waals surface area contributed by atoms with Crippen molar-refractivity contribution in [2.75, 3.05) is 47.8 Å². The number of hydrogen-bond donors (Lipinski definition) is 1. The molecule has 0 aromatic carbocycles. The molecule has 0 saturated carbocycles. The third-order valence-electron chi connectivity index (χ3n) is 0.667. The minimum Gasteiger partial charge on any atom is -0.394 e. The largest absolute Gasteiger partial charge is 0.394 e. The number of ether oxygens (including phenoxy) is 3. The Balaban J connectivity index is 0. The van der Waals surface area contributed by atoms with Crippen molar-refractivity contribution in [1.29, 1.82) is 0 Å². The van der Waals surface area contributed by atoms with Gasteiger partial charge in [0, 0.05) is 21.3 Å². The van der Waals surface area contributed by atoms with Crippen LogP contribution in [0.15, 0.2) is 0 Å². The topological polar surface area (TPSA) is 47.9 Å². The van der Waals surface area contributed by atoms with Crippen molar-refractivity contribution in [3.63, 3.8) is 0 Å². The van der Waals surface area contributed by atoms with Gasteiger partial charge in [-0.15, -0.1) is 0 Å². The summed E-state index contributed by atoms with van der Waals surface area (Å²) < 4.78 is 13.8. The van der Waals surface area contributed by atoms with E-state index in [4.69, 9.17) is 9.84 Å². The lowest BCUT2D eigenvalue weighted by atomic mass is 10.7. The fourth-order valence-electron chi connectivity index (χ4n) is 0.309. The molecule has 1 N–H and O–H groups in total. The smallest absolute Gasteiger partial charge is 0.0701 e. The Bertz CT molecular complexity index is 43.7. The van der Waals surface area contributed by atoms with Crippen LogP contribution in [0.25, 0.3) is 0 Å². The van der Waals surface area contributed by atoms with E-state index in [0.29, 0.717) is 19.8 Å². The molecule has 4 heteroatoms. The normalized spacial score (nSPS) is 8.73. The van der Waals surface area contributed by atoms with Crippen LogP contribution >= 0.6 is 0 Å². The van der Waals surface area contributed by atoms with Gasteiger partial charge in [-0.1, -0.05) is 0 Å². The first-order chi connectivity index (χ1) is 5.33. The van der Waals surface area contributed by atoms with Crippen LogP contribution in [0.5, 0.6) is 0 Å². The van der Waals surface area contributed by atoms with Gasteiger partial charge >= 0.3 is 0 Å².